The number of aliphatic hydroxyl groups is 1. The number of alkyl halides is 3. The molecule has 0 spiro atoms. The lowest BCUT2D eigenvalue weighted by Crippen LogP contribution is -2.53. The van der Waals surface area contributed by atoms with Crippen molar-refractivity contribution in [3.63, 3.8) is 0 Å². The molecule has 0 aliphatic heterocycles. The van der Waals surface area contributed by atoms with E-state index in [9.17, 15) is 27.9 Å². The number of nitrogens with one attached hydrogen (secondary N) is 2. The molecule has 0 saturated heterocycles. The first kappa shape index (κ1) is 21.8. The van der Waals surface area contributed by atoms with E-state index in [0.717, 1.165) is 0 Å². The lowest BCUT2D eigenvalue weighted by Gasteiger charge is -2.26. The van der Waals surface area contributed by atoms with Crippen LogP contribution >= 0.6 is 0 Å². The van der Waals surface area contributed by atoms with Gasteiger partial charge in [0.05, 0.1) is 12.5 Å². The molecule has 146 valence electrons. The third-order valence-corrected chi connectivity index (χ3v) is 3.11. The Morgan fingerprint density at radius 1 is 1.15 bits per heavy atom. The fraction of sp³-hybridized carbons (Fsp3) is 0.529. The van der Waals surface area contributed by atoms with Gasteiger partial charge in [0.1, 0.15) is 5.60 Å². The highest BCUT2D eigenvalue weighted by Gasteiger charge is 2.39. The predicted molar refractivity (Wildman–Crippen MR) is 88.1 cm³/mol. The van der Waals surface area contributed by atoms with Crippen LogP contribution in [0.5, 0.6) is 0 Å². The number of amides is 2. The number of benzene rings is 1. The van der Waals surface area contributed by atoms with Gasteiger partial charge in [0.15, 0.2) is 6.10 Å². The van der Waals surface area contributed by atoms with Crippen molar-refractivity contribution >= 4 is 12.0 Å². The van der Waals surface area contributed by atoms with Crippen molar-refractivity contribution in [3.8, 4) is 0 Å². The summed E-state index contributed by atoms with van der Waals surface area (Å²) in [5.74, 6) is -1.03. The van der Waals surface area contributed by atoms with E-state index in [1.807, 2.05) is 5.32 Å². The molecule has 3 N–H and O–H groups in total. The van der Waals surface area contributed by atoms with Gasteiger partial charge in [0, 0.05) is 6.54 Å². The molecule has 1 aromatic rings. The largest absolute Gasteiger partial charge is 0.444 e. The van der Waals surface area contributed by atoms with Crippen LogP contribution in [0, 0.1) is 0 Å². The maximum absolute atomic E-state index is 12.7. The number of halogens is 3. The fourth-order valence-electron chi connectivity index (χ4n) is 2.02. The van der Waals surface area contributed by atoms with E-state index < -0.39 is 42.3 Å². The molecule has 0 aliphatic carbocycles. The average molecular weight is 376 g/mol. The Labute approximate surface area is 149 Å². The molecule has 6 nitrogen and oxygen atoms in total. The van der Waals surface area contributed by atoms with Crippen LogP contribution in [0.15, 0.2) is 30.3 Å². The molecule has 0 heterocycles. The number of carbonyl (C=O) groups is 2. The second kappa shape index (κ2) is 8.88. The Morgan fingerprint density at radius 3 is 2.23 bits per heavy atom. The molecule has 2 unspecified atom stereocenters. The summed E-state index contributed by atoms with van der Waals surface area (Å²) in [6.07, 6.45) is -9.51. The first-order valence-electron chi connectivity index (χ1n) is 7.93. The summed E-state index contributed by atoms with van der Waals surface area (Å²) < 4.78 is 43.1. The Morgan fingerprint density at radius 2 is 1.73 bits per heavy atom. The minimum absolute atomic E-state index is 0.0297. The molecule has 0 fully saturated rings. The summed E-state index contributed by atoms with van der Waals surface area (Å²) in [5.41, 5.74) is -0.228. The zero-order chi connectivity index (χ0) is 20.0. The Hall–Kier alpha value is -2.29. The molecule has 1 rings (SSSR count). The SMILES string of the molecule is CC(C)(C)OC(=O)NC(CC(F)(F)F)C(O)C(=O)NCc1ccccc1. The van der Waals surface area contributed by atoms with Crippen LogP contribution in [0.2, 0.25) is 0 Å². The van der Waals surface area contributed by atoms with Crippen molar-refractivity contribution in [2.75, 3.05) is 0 Å². The van der Waals surface area contributed by atoms with Gasteiger partial charge in [-0.15, -0.1) is 0 Å². The third-order valence-electron chi connectivity index (χ3n) is 3.11. The Kier molecular flexibility index (Phi) is 7.43. The smallest absolute Gasteiger partial charge is 0.407 e. The first-order valence-corrected chi connectivity index (χ1v) is 7.93. The van der Waals surface area contributed by atoms with Crippen molar-refractivity contribution in [1.82, 2.24) is 10.6 Å². The molecule has 0 saturated carbocycles. The second-order valence-electron chi connectivity index (χ2n) is 6.72. The second-order valence-corrected chi connectivity index (χ2v) is 6.72. The molecule has 1 aromatic carbocycles. The zero-order valence-electron chi connectivity index (χ0n) is 14.8. The van der Waals surface area contributed by atoms with Gasteiger partial charge in [0.2, 0.25) is 0 Å². The molecule has 9 heteroatoms. The molecule has 2 amide bonds. The lowest BCUT2D eigenvalue weighted by molar-refractivity contribution is -0.151. The number of rotatable bonds is 6. The minimum atomic E-state index is -4.69. The van der Waals surface area contributed by atoms with Crippen molar-refractivity contribution in [1.29, 1.82) is 0 Å². The van der Waals surface area contributed by atoms with Crippen molar-refractivity contribution in [3.05, 3.63) is 35.9 Å². The highest BCUT2D eigenvalue weighted by Crippen LogP contribution is 2.23. The lowest BCUT2D eigenvalue weighted by atomic mass is 10.1. The highest BCUT2D eigenvalue weighted by atomic mass is 19.4. The quantitative estimate of drug-likeness (QED) is 0.712. The topological polar surface area (TPSA) is 87.7 Å². The number of hydrogen-bond donors (Lipinski definition) is 3. The van der Waals surface area contributed by atoms with E-state index in [-0.39, 0.29) is 6.54 Å². The maximum atomic E-state index is 12.7. The number of carbonyl (C=O) groups excluding carboxylic acids is 2. The van der Waals surface area contributed by atoms with E-state index >= 15 is 0 Å². The van der Waals surface area contributed by atoms with Crippen LogP contribution in [0.1, 0.15) is 32.8 Å². The number of hydrogen-bond acceptors (Lipinski definition) is 4. The summed E-state index contributed by atoms with van der Waals surface area (Å²) in [6.45, 7) is 4.64. The summed E-state index contributed by atoms with van der Waals surface area (Å²) in [6, 6.07) is 6.77. The van der Waals surface area contributed by atoms with Crippen molar-refractivity contribution in [2.45, 2.75) is 57.7 Å². The van der Waals surface area contributed by atoms with Crippen LogP contribution in [0.3, 0.4) is 0 Å². The standard InChI is InChI=1S/C17H23F3N2O4/c1-16(2,3)26-15(25)22-12(9-17(18,19)20)13(23)14(24)21-10-11-7-5-4-6-8-11/h4-8,12-13,23H,9-10H2,1-3H3,(H,21,24)(H,22,25). The van der Waals surface area contributed by atoms with Crippen molar-refractivity contribution < 1.29 is 32.6 Å². The third kappa shape index (κ3) is 8.70. The molecule has 0 aliphatic rings. The predicted octanol–water partition coefficient (Wildman–Crippen LogP) is 2.51. The normalized spacial score (nSPS) is 14.3. The van der Waals surface area contributed by atoms with Crippen LogP contribution < -0.4 is 10.6 Å². The Bertz CT molecular complexity index is 600. The van der Waals surface area contributed by atoms with Crippen LogP contribution in [-0.4, -0.2) is 41.0 Å². The van der Waals surface area contributed by atoms with Gasteiger partial charge in [0.25, 0.3) is 5.91 Å². The van der Waals surface area contributed by atoms with Gasteiger partial charge >= 0.3 is 12.3 Å². The monoisotopic (exact) mass is 376 g/mol. The molecular weight excluding hydrogens is 353 g/mol. The summed E-state index contributed by atoms with van der Waals surface area (Å²) in [4.78, 5) is 23.7. The Balaban J connectivity index is 2.74. The molecule has 0 aromatic heterocycles. The molecular formula is C17H23F3N2O4. The summed E-state index contributed by atoms with van der Waals surface area (Å²) in [7, 11) is 0. The van der Waals surface area contributed by atoms with Gasteiger partial charge in [-0.1, -0.05) is 30.3 Å². The van der Waals surface area contributed by atoms with Gasteiger partial charge < -0.3 is 20.5 Å². The number of alkyl carbamates (subject to hydrolysis) is 1. The number of aliphatic hydroxyl groups excluding tert-OH is 1. The van der Waals surface area contributed by atoms with Crippen LogP contribution in [0.25, 0.3) is 0 Å². The van der Waals surface area contributed by atoms with Gasteiger partial charge in [-0.3, -0.25) is 4.79 Å². The van der Waals surface area contributed by atoms with Crippen LogP contribution in [-0.2, 0) is 16.1 Å². The minimum Gasteiger partial charge on any atom is -0.444 e. The maximum Gasteiger partial charge on any atom is 0.407 e. The molecule has 0 bridgehead atoms. The van der Waals surface area contributed by atoms with E-state index in [1.54, 1.807) is 30.3 Å². The summed E-state index contributed by atoms with van der Waals surface area (Å²) in [5, 5.41) is 14.2. The fourth-order valence-corrected chi connectivity index (χ4v) is 2.02. The van der Waals surface area contributed by atoms with E-state index in [4.69, 9.17) is 4.74 Å². The highest BCUT2D eigenvalue weighted by molar-refractivity contribution is 5.82. The number of ether oxygens (including phenoxy) is 1. The van der Waals surface area contributed by atoms with E-state index in [2.05, 4.69) is 5.32 Å². The first-order chi connectivity index (χ1) is 11.9. The zero-order valence-corrected chi connectivity index (χ0v) is 14.8. The van der Waals surface area contributed by atoms with E-state index in [1.165, 1.54) is 20.8 Å². The van der Waals surface area contributed by atoms with Gasteiger partial charge in [-0.05, 0) is 26.3 Å². The molecule has 26 heavy (non-hydrogen) atoms. The van der Waals surface area contributed by atoms with E-state index in [0.29, 0.717) is 5.56 Å². The van der Waals surface area contributed by atoms with Gasteiger partial charge in [-0.2, -0.15) is 13.2 Å². The summed E-state index contributed by atoms with van der Waals surface area (Å²) >= 11 is 0. The van der Waals surface area contributed by atoms with Crippen LogP contribution in [0.4, 0.5) is 18.0 Å². The molecule has 0 radical (unpaired) electrons. The van der Waals surface area contributed by atoms with Gasteiger partial charge in [-0.25, -0.2) is 4.79 Å². The van der Waals surface area contributed by atoms with Crippen molar-refractivity contribution in [2.24, 2.45) is 0 Å². The molecule has 2 atom stereocenters. The average Bonchev–Trinajstić information content (AvgIpc) is 2.49.